The Bertz CT molecular complexity index is 1330. The number of halogens is 2. The predicted octanol–water partition coefficient (Wildman–Crippen LogP) is 5.83. The van der Waals surface area contributed by atoms with Gasteiger partial charge in [-0.25, -0.2) is 9.69 Å². The average Bonchev–Trinajstić information content (AvgIpc) is 3.16. The first-order valence-corrected chi connectivity index (χ1v) is 11.7. The van der Waals surface area contributed by atoms with Crippen molar-refractivity contribution in [3.8, 4) is 16.9 Å². The van der Waals surface area contributed by atoms with Gasteiger partial charge in [0.05, 0.1) is 16.9 Å². The normalized spacial score (nSPS) is 14.5. The summed E-state index contributed by atoms with van der Waals surface area (Å²) in [6, 6.07) is 15.0. The number of rotatable bonds is 4. The fraction of sp³-hybridized carbons (Fsp3) is 0.240. The second kappa shape index (κ2) is 9.14. The van der Waals surface area contributed by atoms with E-state index in [1.807, 2.05) is 65.1 Å². The van der Waals surface area contributed by atoms with Gasteiger partial charge in [-0.2, -0.15) is 5.10 Å². The molecule has 1 fully saturated rings. The molecule has 6 nitrogen and oxygen atoms in total. The van der Waals surface area contributed by atoms with Crippen LogP contribution in [0.1, 0.15) is 35.3 Å². The van der Waals surface area contributed by atoms with Crippen molar-refractivity contribution in [3.05, 3.63) is 76.0 Å². The number of amides is 1. The topological polar surface area (TPSA) is 63.1 Å². The number of piperidine rings is 1. The highest BCUT2D eigenvalue weighted by Crippen LogP contribution is 2.32. The molecule has 0 atom stereocenters. The molecule has 0 aliphatic carbocycles. The zero-order valence-corrected chi connectivity index (χ0v) is 19.7. The summed E-state index contributed by atoms with van der Waals surface area (Å²) in [6.45, 7) is 3.63. The number of nitrogens with one attached hydrogen (secondary N) is 1. The van der Waals surface area contributed by atoms with Crippen LogP contribution in [-0.4, -0.2) is 38.8 Å². The molecule has 1 N–H and O–H groups in total. The number of pyridine rings is 1. The van der Waals surface area contributed by atoms with Gasteiger partial charge in [-0.1, -0.05) is 41.8 Å². The van der Waals surface area contributed by atoms with Crippen LogP contribution in [0.3, 0.4) is 0 Å². The highest BCUT2D eigenvalue weighted by Gasteiger charge is 2.24. The van der Waals surface area contributed by atoms with Gasteiger partial charge in [-0.15, -0.1) is 0 Å². The highest BCUT2D eigenvalue weighted by atomic mass is 35.5. The molecule has 0 unspecified atom stereocenters. The number of benzene rings is 2. The van der Waals surface area contributed by atoms with Gasteiger partial charge >= 0.3 is 0 Å². The van der Waals surface area contributed by atoms with E-state index in [9.17, 15) is 4.79 Å². The minimum Gasteiger partial charge on any atom is -0.283 e. The molecule has 2 aromatic heterocycles. The largest absolute Gasteiger partial charge is 0.286 e. The van der Waals surface area contributed by atoms with E-state index in [2.05, 4.69) is 10.4 Å². The fourth-order valence-electron chi connectivity index (χ4n) is 4.33. The Labute approximate surface area is 202 Å². The van der Waals surface area contributed by atoms with Gasteiger partial charge < -0.3 is 0 Å². The molecule has 5 rings (SSSR count). The van der Waals surface area contributed by atoms with E-state index in [4.69, 9.17) is 28.3 Å². The van der Waals surface area contributed by atoms with Gasteiger partial charge in [0.25, 0.3) is 5.91 Å². The number of hydrogen-bond acceptors (Lipinski definition) is 4. The van der Waals surface area contributed by atoms with Crippen molar-refractivity contribution < 1.29 is 4.79 Å². The minimum atomic E-state index is -0.204. The van der Waals surface area contributed by atoms with E-state index < -0.39 is 0 Å². The van der Waals surface area contributed by atoms with E-state index in [1.165, 1.54) is 6.42 Å². The molecular formula is C25H23Cl2N5O. The lowest BCUT2D eigenvalue weighted by atomic mass is 10.1. The Morgan fingerprint density at radius 3 is 2.45 bits per heavy atom. The maximum absolute atomic E-state index is 13.2. The molecule has 33 heavy (non-hydrogen) atoms. The molecule has 0 saturated carbocycles. The smallest absolute Gasteiger partial charge is 0.283 e. The molecule has 8 heteroatoms. The number of nitrogens with zero attached hydrogens (tertiary/aromatic N) is 4. The van der Waals surface area contributed by atoms with Gasteiger partial charge in [-0.3, -0.25) is 15.2 Å². The average molecular weight is 480 g/mol. The van der Waals surface area contributed by atoms with Crippen LogP contribution in [0.5, 0.6) is 0 Å². The van der Waals surface area contributed by atoms with Crippen LogP contribution in [0.25, 0.3) is 27.8 Å². The SMILES string of the molecule is Cc1c(C(=O)NN2CCCCC2)nn(-c2ccnc3cc(Cl)ccc23)c1-c1ccc(Cl)cc1. The van der Waals surface area contributed by atoms with Crippen molar-refractivity contribution in [1.29, 1.82) is 0 Å². The van der Waals surface area contributed by atoms with Gasteiger partial charge in [0.2, 0.25) is 0 Å². The third-order valence-electron chi connectivity index (χ3n) is 5.98. The molecule has 1 aliphatic heterocycles. The molecule has 3 heterocycles. The maximum Gasteiger partial charge on any atom is 0.286 e. The lowest BCUT2D eigenvalue weighted by molar-refractivity contribution is 0.0743. The van der Waals surface area contributed by atoms with Crippen molar-refractivity contribution in [1.82, 2.24) is 25.2 Å². The lowest BCUT2D eigenvalue weighted by Crippen LogP contribution is -2.45. The van der Waals surface area contributed by atoms with E-state index >= 15 is 0 Å². The number of hydrazine groups is 1. The first-order valence-electron chi connectivity index (χ1n) is 11.0. The standard InChI is InChI=1S/C25H23Cl2N5O/c1-16-23(25(33)30-31-13-3-2-4-14-31)29-32(24(16)17-5-7-18(26)8-6-17)22-11-12-28-21-15-19(27)9-10-20(21)22/h5-12,15H,2-4,13-14H2,1H3,(H,30,33). The summed E-state index contributed by atoms with van der Waals surface area (Å²) in [6.07, 6.45) is 5.08. The minimum absolute atomic E-state index is 0.204. The molecule has 0 radical (unpaired) electrons. The molecule has 1 saturated heterocycles. The summed E-state index contributed by atoms with van der Waals surface area (Å²) in [7, 11) is 0. The molecule has 1 aliphatic rings. The zero-order valence-electron chi connectivity index (χ0n) is 18.2. The Balaban J connectivity index is 1.66. The number of carbonyl (C=O) groups excluding carboxylic acids is 1. The van der Waals surface area contributed by atoms with Crippen LogP contribution >= 0.6 is 23.2 Å². The highest BCUT2D eigenvalue weighted by molar-refractivity contribution is 6.31. The van der Waals surface area contributed by atoms with Crippen molar-refractivity contribution in [2.75, 3.05) is 13.1 Å². The second-order valence-corrected chi connectivity index (χ2v) is 9.09. The van der Waals surface area contributed by atoms with Crippen LogP contribution in [-0.2, 0) is 0 Å². The Morgan fingerprint density at radius 1 is 0.970 bits per heavy atom. The molecular weight excluding hydrogens is 457 g/mol. The zero-order chi connectivity index (χ0) is 22.9. The lowest BCUT2D eigenvalue weighted by Gasteiger charge is -2.26. The number of fused-ring (bicyclic) bond motifs is 1. The monoisotopic (exact) mass is 479 g/mol. The van der Waals surface area contributed by atoms with Crippen LogP contribution in [0.15, 0.2) is 54.7 Å². The molecule has 168 valence electrons. The number of hydrogen-bond donors (Lipinski definition) is 1. The van der Waals surface area contributed by atoms with Gasteiger partial charge in [-0.05, 0) is 56.2 Å². The quantitative estimate of drug-likeness (QED) is 0.399. The van der Waals surface area contributed by atoms with Crippen LogP contribution < -0.4 is 5.43 Å². The first kappa shape index (κ1) is 21.9. The summed E-state index contributed by atoms with van der Waals surface area (Å²) >= 11 is 12.3. The fourth-order valence-corrected chi connectivity index (χ4v) is 4.62. The molecule has 2 aromatic carbocycles. The van der Waals surface area contributed by atoms with Crippen molar-refractivity contribution >= 4 is 40.0 Å². The van der Waals surface area contributed by atoms with Gasteiger partial charge in [0, 0.05) is 45.8 Å². The molecule has 0 spiro atoms. The van der Waals surface area contributed by atoms with Gasteiger partial charge in [0.1, 0.15) is 0 Å². The Kier molecular flexibility index (Phi) is 6.06. The third-order valence-corrected chi connectivity index (χ3v) is 6.47. The maximum atomic E-state index is 13.2. The van der Waals surface area contributed by atoms with Crippen LogP contribution in [0.4, 0.5) is 0 Å². The first-order chi connectivity index (χ1) is 16.0. The molecule has 4 aromatic rings. The van der Waals surface area contributed by atoms with Crippen LogP contribution in [0, 0.1) is 6.92 Å². The second-order valence-electron chi connectivity index (χ2n) is 8.22. The Hall–Kier alpha value is -2.93. The summed E-state index contributed by atoms with van der Waals surface area (Å²) in [5, 5.41) is 8.94. The van der Waals surface area contributed by atoms with E-state index in [-0.39, 0.29) is 5.91 Å². The summed E-state index contributed by atoms with van der Waals surface area (Å²) < 4.78 is 1.82. The van der Waals surface area contributed by atoms with Gasteiger partial charge in [0.15, 0.2) is 5.69 Å². The van der Waals surface area contributed by atoms with Crippen molar-refractivity contribution in [2.45, 2.75) is 26.2 Å². The third kappa shape index (κ3) is 4.34. The summed E-state index contributed by atoms with van der Waals surface area (Å²) in [4.78, 5) is 17.7. The molecule has 0 bridgehead atoms. The number of carbonyl (C=O) groups is 1. The molecule has 1 amide bonds. The Morgan fingerprint density at radius 2 is 1.70 bits per heavy atom. The number of aromatic nitrogens is 3. The predicted molar refractivity (Wildman–Crippen MR) is 132 cm³/mol. The summed E-state index contributed by atoms with van der Waals surface area (Å²) in [5.74, 6) is -0.204. The van der Waals surface area contributed by atoms with E-state index in [1.54, 1.807) is 6.20 Å². The van der Waals surface area contributed by atoms with Crippen molar-refractivity contribution in [3.63, 3.8) is 0 Å². The van der Waals surface area contributed by atoms with Crippen LogP contribution in [0.2, 0.25) is 10.0 Å². The van der Waals surface area contributed by atoms with E-state index in [0.29, 0.717) is 15.7 Å². The van der Waals surface area contributed by atoms with Crippen molar-refractivity contribution in [2.24, 2.45) is 0 Å². The van der Waals surface area contributed by atoms with E-state index in [0.717, 1.165) is 59.3 Å². The summed E-state index contributed by atoms with van der Waals surface area (Å²) in [5.41, 5.74) is 7.56.